The Hall–Kier alpha value is -1.71. The van der Waals surface area contributed by atoms with E-state index >= 15 is 0 Å². The van der Waals surface area contributed by atoms with Crippen molar-refractivity contribution in [3.05, 3.63) is 30.3 Å². The summed E-state index contributed by atoms with van der Waals surface area (Å²) in [6.07, 6.45) is 6.03. The summed E-state index contributed by atoms with van der Waals surface area (Å²) in [5.41, 5.74) is 1.17. The van der Waals surface area contributed by atoms with Gasteiger partial charge in [-0.15, -0.1) is 0 Å². The molecule has 1 aliphatic rings. The van der Waals surface area contributed by atoms with E-state index in [0.717, 1.165) is 19.4 Å². The fourth-order valence-electron chi connectivity index (χ4n) is 2.63. The molecular formula is C16H25N3O. The maximum atomic E-state index is 11.8. The first kappa shape index (κ1) is 14.7. The molecule has 20 heavy (non-hydrogen) atoms. The summed E-state index contributed by atoms with van der Waals surface area (Å²) in [6, 6.07) is 10.5. The molecule has 1 aliphatic carbocycles. The number of nitrogens with zero attached hydrogens (tertiary/aromatic N) is 1. The van der Waals surface area contributed by atoms with Gasteiger partial charge in [-0.25, -0.2) is 4.79 Å². The summed E-state index contributed by atoms with van der Waals surface area (Å²) in [5, 5.41) is 6.00. The molecule has 0 aromatic heterocycles. The summed E-state index contributed by atoms with van der Waals surface area (Å²) in [4.78, 5) is 13.9. The van der Waals surface area contributed by atoms with Gasteiger partial charge in [0.25, 0.3) is 0 Å². The van der Waals surface area contributed by atoms with Crippen LogP contribution in [0.5, 0.6) is 0 Å². The third-order valence-electron chi connectivity index (χ3n) is 3.87. The summed E-state index contributed by atoms with van der Waals surface area (Å²) in [5.74, 6) is 0. The monoisotopic (exact) mass is 275 g/mol. The van der Waals surface area contributed by atoms with Crippen LogP contribution in [0, 0.1) is 0 Å². The highest BCUT2D eigenvalue weighted by atomic mass is 16.2. The number of rotatable bonds is 5. The smallest absolute Gasteiger partial charge is 0.315 e. The SMILES string of the molecule is CN(CCNC(=O)NC1CCCCC1)c1ccccc1. The summed E-state index contributed by atoms with van der Waals surface area (Å²) < 4.78 is 0. The van der Waals surface area contributed by atoms with Gasteiger partial charge in [0.1, 0.15) is 0 Å². The molecular weight excluding hydrogens is 250 g/mol. The van der Waals surface area contributed by atoms with Crippen LogP contribution >= 0.6 is 0 Å². The summed E-state index contributed by atoms with van der Waals surface area (Å²) >= 11 is 0. The van der Waals surface area contributed by atoms with E-state index in [2.05, 4.69) is 27.7 Å². The number of hydrogen-bond acceptors (Lipinski definition) is 2. The molecule has 1 saturated carbocycles. The van der Waals surface area contributed by atoms with Gasteiger partial charge in [-0.1, -0.05) is 37.5 Å². The third kappa shape index (κ3) is 4.76. The van der Waals surface area contributed by atoms with Gasteiger partial charge < -0.3 is 15.5 Å². The number of likely N-dealkylation sites (N-methyl/N-ethyl adjacent to an activating group) is 1. The first-order valence-electron chi connectivity index (χ1n) is 7.56. The molecule has 2 amide bonds. The zero-order valence-electron chi connectivity index (χ0n) is 12.3. The van der Waals surface area contributed by atoms with Gasteiger partial charge in [0.2, 0.25) is 0 Å². The van der Waals surface area contributed by atoms with E-state index in [-0.39, 0.29) is 6.03 Å². The van der Waals surface area contributed by atoms with Crippen molar-refractivity contribution in [2.24, 2.45) is 0 Å². The van der Waals surface area contributed by atoms with Crippen LogP contribution in [0.1, 0.15) is 32.1 Å². The fourth-order valence-corrected chi connectivity index (χ4v) is 2.63. The number of urea groups is 1. The second kappa shape index (κ2) is 7.78. The lowest BCUT2D eigenvalue weighted by molar-refractivity contribution is 0.233. The maximum Gasteiger partial charge on any atom is 0.315 e. The number of hydrogen-bond donors (Lipinski definition) is 2. The van der Waals surface area contributed by atoms with Gasteiger partial charge in [-0.3, -0.25) is 0 Å². The standard InChI is InChI=1S/C16H25N3O/c1-19(15-10-6-3-7-11-15)13-12-17-16(20)18-14-8-4-2-5-9-14/h3,6-7,10-11,14H,2,4-5,8-9,12-13H2,1H3,(H2,17,18,20). The largest absolute Gasteiger partial charge is 0.373 e. The van der Waals surface area contributed by atoms with E-state index in [1.807, 2.05) is 25.2 Å². The van der Waals surface area contributed by atoms with E-state index in [0.29, 0.717) is 12.6 Å². The Bertz CT molecular complexity index is 401. The molecule has 0 spiro atoms. The van der Waals surface area contributed by atoms with E-state index in [1.165, 1.54) is 24.9 Å². The Balaban J connectivity index is 1.63. The maximum absolute atomic E-state index is 11.8. The minimum absolute atomic E-state index is 0.0293. The van der Waals surface area contributed by atoms with Gasteiger partial charge in [0, 0.05) is 31.9 Å². The molecule has 110 valence electrons. The second-order valence-electron chi connectivity index (χ2n) is 5.49. The predicted molar refractivity (Wildman–Crippen MR) is 83.1 cm³/mol. The lowest BCUT2D eigenvalue weighted by atomic mass is 9.96. The molecule has 0 heterocycles. The van der Waals surface area contributed by atoms with Crippen molar-refractivity contribution in [1.82, 2.24) is 10.6 Å². The molecule has 2 rings (SSSR count). The first-order valence-corrected chi connectivity index (χ1v) is 7.56. The van der Waals surface area contributed by atoms with Crippen LogP contribution in [0.15, 0.2) is 30.3 Å². The number of amides is 2. The van der Waals surface area contributed by atoms with E-state index in [4.69, 9.17) is 0 Å². The minimum atomic E-state index is -0.0293. The van der Waals surface area contributed by atoms with E-state index in [9.17, 15) is 4.79 Å². The lowest BCUT2D eigenvalue weighted by Gasteiger charge is -2.23. The Morgan fingerprint density at radius 2 is 1.90 bits per heavy atom. The van der Waals surface area contributed by atoms with Crippen molar-refractivity contribution in [2.75, 3.05) is 25.0 Å². The Morgan fingerprint density at radius 3 is 2.60 bits per heavy atom. The molecule has 0 atom stereocenters. The van der Waals surface area contributed by atoms with Crippen molar-refractivity contribution in [2.45, 2.75) is 38.1 Å². The van der Waals surface area contributed by atoms with Crippen molar-refractivity contribution < 1.29 is 4.79 Å². The highest BCUT2D eigenvalue weighted by molar-refractivity contribution is 5.74. The normalized spacial score (nSPS) is 15.7. The molecule has 0 saturated heterocycles. The van der Waals surface area contributed by atoms with Crippen molar-refractivity contribution in [3.63, 3.8) is 0 Å². The Kier molecular flexibility index (Phi) is 5.71. The minimum Gasteiger partial charge on any atom is -0.373 e. The lowest BCUT2D eigenvalue weighted by Crippen LogP contribution is -2.44. The molecule has 4 nitrogen and oxygen atoms in total. The third-order valence-corrected chi connectivity index (χ3v) is 3.87. The van der Waals surface area contributed by atoms with Crippen LogP contribution < -0.4 is 15.5 Å². The van der Waals surface area contributed by atoms with Gasteiger partial charge in [0.15, 0.2) is 0 Å². The van der Waals surface area contributed by atoms with Crippen LogP contribution in [0.2, 0.25) is 0 Å². The van der Waals surface area contributed by atoms with E-state index in [1.54, 1.807) is 0 Å². The van der Waals surface area contributed by atoms with Crippen LogP contribution in [-0.2, 0) is 0 Å². The average molecular weight is 275 g/mol. The highest BCUT2D eigenvalue weighted by Gasteiger charge is 2.15. The zero-order chi connectivity index (χ0) is 14.2. The molecule has 0 aliphatic heterocycles. The molecule has 2 N–H and O–H groups in total. The molecule has 0 radical (unpaired) electrons. The van der Waals surface area contributed by atoms with Crippen LogP contribution in [0.4, 0.5) is 10.5 Å². The molecule has 4 heteroatoms. The molecule has 0 unspecified atom stereocenters. The Morgan fingerprint density at radius 1 is 1.20 bits per heavy atom. The number of carbonyl (C=O) groups excluding carboxylic acids is 1. The van der Waals surface area contributed by atoms with Crippen molar-refractivity contribution >= 4 is 11.7 Å². The quantitative estimate of drug-likeness (QED) is 0.868. The molecule has 1 aromatic rings. The van der Waals surface area contributed by atoms with Gasteiger partial charge in [-0.05, 0) is 25.0 Å². The molecule has 0 bridgehead atoms. The van der Waals surface area contributed by atoms with Gasteiger partial charge in [0.05, 0.1) is 0 Å². The molecule has 1 aromatic carbocycles. The number of para-hydroxylation sites is 1. The Labute approximate surface area is 121 Å². The zero-order valence-corrected chi connectivity index (χ0v) is 12.3. The van der Waals surface area contributed by atoms with E-state index < -0.39 is 0 Å². The summed E-state index contributed by atoms with van der Waals surface area (Å²) in [6.45, 7) is 1.46. The summed E-state index contributed by atoms with van der Waals surface area (Å²) in [7, 11) is 2.04. The average Bonchev–Trinajstić information content (AvgIpc) is 2.49. The predicted octanol–water partition coefficient (Wildman–Crippen LogP) is 2.75. The molecule has 1 fully saturated rings. The van der Waals surface area contributed by atoms with Crippen LogP contribution in [0.3, 0.4) is 0 Å². The fraction of sp³-hybridized carbons (Fsp3) is 0.562. The topological polar surface area (TPSA) is 44.4 Å². The number of benzene rings is 1. The van der Waals surface area contributed by atoms with Crippen LogP contribution in [-0.4, -0.2) is 32.2 Å². The van der Waals surface area contributed by atoms with Gasteiger partial charge >= 0.3 is 6.03 Å². The highest BCUT2D eigenvalue weighted by Crippen LogP contribution is 2.17. The number of carbonyl (C=O) groups is 1. The first-order chi connectivity index (χ1) is 9.75. The van der Waals surface area contributed by atoms with Crippen molar-refractivity contribution in [3.8, 4) is 0 Å². The second-order valence-corrected chi connectivity index (χ2v) is 5.49. The van der Waals surface area contributed by atoms with Crippen LogP contribution in [0.25, 0.3) is 0 Å². The number of nitrogens with one attached hydrogen (secondary N) is 2. The van der Waals surface area contributed by atoms with Gasteiger partial charge in [-0.2, -0.15) is 0 Å². The number of anilines is 1. The van der Waals surface area contributed by atoms with Crippen molar-refractivity contribution in [1.29, 1.82) is 0 Å².